The first-order chi connectivity index (χ1) is 14.2. The predicted octanol–water partition coefficient (Wildman–Crippen LogP) is 2.71. The van der Waals surface area contributed by atoms with Crippen LogP contribution < -0.4 is 5.56 Å². The van der Waals surface area contributed by atoms with Gasteiger partial charge in [-0.2, -0.15) is 18.3 Å². The van der Waals surface area contributed by atoms with Gasteiger partial charge in [0.15, 0.2) is 0 Å². The van der Waals surface area contributed by atoms with Gasteiger partial charge in [0.2, 0.25) is 5.95 Å². The molecule has 8 nitrogen and oxygen atoms in total. The van der Waals surface area contributed by atoms with Crippen molar-refractivity contribution in [1.82, 2.24) is 29.3 Å². The van der Waals surface area contributed by atoms with Crippen LogP contribution in [0.5, 0.6) is 0 Å². The van der Waals surface area contributed by atoms with Crippen LogP contribution in [-0.4, -0.2) is 54.5 Å². The highest BCUT2D eigenvalue weighted by molar-refractivity contribution is 5.95. The lowest BCUT2D eigenvalue weighted by atomic mass is 9.75. The van der Waals surface area contributed by atoms with E-state index in [1.165, 1.54) is 27.2 Å². The number of amides is 1. The number of halogens is 3. The van der Waals surface area contributed by atoms with Crippen LogP contribution >= 0.6 is 0 Å². The molecule has 11 heteroatoms. The van der Waals surface area contributed by atoms with E-state index in [1.54, 1.807) is 25.3 Å². The molecule has 0 aliphatic carbocycles. The zero-order valence-corrected chi connectivity index (χ0v) is 16.5. The van der Waals surface area contributed by atoms with Gasteiger partial charge in [0.1, 0.15) is 5.52 Å². The number of fused-ring (bicyclic) bond motifs is 1. The summed E-state index contributed by atoms with van der Waals surface area (Å²) < 4.78 is 43.1. The third-order valence-corrected chi connectivity index (χ3v) is 6.12. The Morgan fingerprint density at radius 3 is 2.63 bits per heavy atom. The third kappa shape index (κ3) is 3.08. The fraction of sp³-hybridized carbons (Fsp3) is 0.474. The number of alkyl halides is 3. The molecule has 0 spiro atoms. The SMILES string of the molecule is CCC1(C(F)(F)F)CCN(C(=O)c2cnn(-c3nn4cccc4c(=O)[nH]3)c2C)CC1. The molecule has 1 fully saturated rings. The van der Waals surface area contributed by atoms with Gasteiger partial charge >= 0.3 is 6.18 Å². The Morgan fingerprint density at radius 2 is 2.00 bits per heavy atom. The summed E-state index contributed by atoms with van der Waals surface area (Å²) in [5.74, 6) is -0.240. The molecule has 3 aromatic heterocycles. The molecule has 30 heavy (non-hydrogen) atoms. The molecule has 4 heterocycles. The maximum atomic E-state index is 13.5. The van der Waals surface area contributed by atoms with E-state index < -0.39 is 11.6 Å². The lowest BCUT2D eigenvalue weighted by Crippen LogP contribution is -2.49. The number of piperidine rings is 1. The first-order valence-corrected chi connectivity index (χ1v) is 9.65. The second kappa shape index (κ2) is 6.99. The molecular weight excluding hydrogens is 401 g/mol. The van der Waals surface area contributed by atoms with Crippen LogP contribution in [0, 0.1) is 12.3 Å². The number of aromatic amines is 1. The summed E-state index contributed by atoms with van der Waals surface area (Å²) in [7, 11) is 0. The van der Waals surface area contributed by atoms with E-state index in [1.807, 2.05) is 0 Å². The van der Waals surface area contributed by atoms with E-state index in [0.29, 0.717) is 11.2 Å². The van der Waals surface area contributed by atoms with Crippen molar-refractivity contribution in [3.8, 4) is 5.95 Å². The average molecular weight is 422 g/mol. The number of aromatic nitrogens is 5. The summed E-state index contributed by atoms with van der Waals surface area (Å²) >= 11 is 0. The fourth-order valence-corrected chi connectivity index (χ4v) is 4.01. The fourth-order valence-electron chi connectivity index (χ4n) is 4.01. The van der Waals surface area contributed by atoms with Gasteiger partial charge in [-0.05, 0) is 38.3 Å². The number of H-pyrrole nitrogens is 1. The maximum absolute atomic E-state index is 13.5. The van der Waals surface area contributed by atoms with Crippen molar-refractivity contribution < 1.29 is 18.0 Å². The summed E-state index contributed by atoms with van der Waals surface area (Å²) in [6, 6.07) is 3.30. The van der Waals surface area contributed by atoms with Gasteiger partial charge in [0, 0.05) is 19.3 Å². The van der Waals surface area contributed by atoms with Crippen LogP contribution in [0.15, 0.2) is 29.3 Å². The topological polar surface area (TPSA) is 88.3 Å². The first-order valence-electron chi connectivity index (χ1n) is 9.65. The molecule has 0 bridgehead atoms. The van der Waals surface area contributed by atoms with Gasteiger partial charge in [0.05, 0.1) is 22.9 Å². The van der Waals surface area contributed by atoms with Crippen LogP contribution in [0.3, 0.4) is 0 Å². The predicted molar refractivity (Wildman–Crippen MR) is 102 cm³/mol. The minimum Gasteiger partial charge on any atom is -0.338 e. The number of likely N-dealkylation sites (tertiary alicyclic amines) is 1. The number of rotatable bonds is 3. The van der Waals surface area contributed by atoms with Gasteiger partial charge < -0.3 is 4.90 Å². The Morgan fingerprint density at radius 1 is 1.30 bits per heavy atom. The van der Waals surface area contributed by atoms with Crippen molar-refractivity contribution in [2.45, 2.75) is 39.3 Å². The zero-order valence-electron chi connectivity index (χ0n) is 16.5. The number of hydrogen-bond donors (Lipinski definition) is 1. The van der Waals surface area contributed by atoms with Gasteiger partial charge in [-0.3, -0.25) is 14.6 Å². The van der Waals surface area contributed by atoms with Gasteiger partial charge in [-0.15, -0.1) is 5.10 Å². The molecule has 0 unspecified atom stereocenters. The number of nitrogens with one attached hydrogen (secondary N) is 1. The third-order valence-electron chi connectivity index (χ3n) is 6.12. The van der Waals surface area contributed by atoms with Gasteiger partial charge in [-0.25, -0.2) is 9.20 Å². The monoisotopic (exact) mass is 422 g/mol. The molecule has 0 saturated carbocycles. The van der Waals surface area contributed by atoms with Crippen molar-refractivity contribution in [2.24, 2.45) is 5.41 Å². The Balaban J connectivity index is 1.58. The number of hydrogen-bond acceptors (Lipinski definition) is 4. The van der Waals surface area contributed by atoms with E-state index >= 15 is 0 Å². The number of nitrogens with zero attached hydrogens (tertiary/aromatic N) is 5. The molecule has 1 saturated heterocycles. The second-order valence-electron chi connectivity index (χ2n) is 7.60. The molecule has 4 rings (SSSR count). The largest absolute Gasteiger partial charge is 0.394 e. The molecule has 1 aliphatic heterocycles. The highest BCUT2D eigenvalue weighted by Crippen LogP contribution is 2.48. The standard InChI is InChI=1S/C19H21F3N6O2/c1-3-18(19(20,21)22)6-9-26(10-7-18)16(30)13-11-23-28(12(13)2)17-24-15(29)14-5-4-8-27(14)25-17/h4-5,8,11H,3,6-7,9-10H2,1-2H3,(H,24,25,29). The lowest BCUT2D eigenvalue weighted by molar-refractivity contribution is -0.237. The van der Waals surface area contributed by atoms with E-state index in [2.05, 4.69) is 15.2 Å². The summed E-state index contributed by atoms with van der Waals surface area (Å²) in [5, 5.41) is 8.44. The summed E-state index contributed by atoms with van der Waals surface area (Å²) in [6.07, 6.45) is -1.56. The van der Waals surface area contributed by atoms with Crippen molar-refractivity contribution in [3.05, 3.63) is 46.1 Å². The maximum Gasteiger partial charge on any atom is 0.394 e. The molecule has 1 amide bonds. The molecule has 160 valence electrons. The minimum absolute atomic E-state index is 0.00358. The Hall–Kier alpha value is -3.11. The quantitative estimate of drug-likeness (QED) is 0.703. The van der Waals surface area contributed by atoms with Crippen LogP contribution in [0.4, 0.5) is 13.2 Å². The Bertz CT molecular complexity index is 1150. The van der Waals surface area contributed by atoms with Gasteiger partial charge in [0.25, 0.3) is 11.5 Å². The Labute approximate surface area is 169 Å². The van der Waals surface area contributed by atoms with E-state index in [4.69, 9.17) is 0 Å². The summed E-state index contributed by atoms with van der Waals surface area (Å²) in [5.41, 5.74) is -1.01. The minimum atomic E-state index is -4.29. The molecule has 0 aromatic carbocycles. The van der Waals surface area contributed by atoms with Crippen molar-refractivity contribution >= 4 is 11.4 Å². The summed E-state index contributed by atoms with van der Waals surface area (Å²) in [6.45, 7) is 3.24. The van der Waals surface area contributed by atoms with Crippen LogP contribution in [0.1, 0.15) is 42.2 Å². The van der Waals surface area contributed by atoms with Crippen LogP contribution in [-0.2, 0) is 0 Å². The molecule has 1 N–H and O–H groups in total. The van der Waals surface area contributed by atoms with E-state index in [9.17, 15) is 22.8 Å². The highest BCUT2D eigenvalue weighted by Gasteiger charge is 2.54. The molecule has 3 aromatic rings. The van der Waals surface area contributed by atoms with E-state index in [-0.39, 0.29) is 55.3 Å². The molecule has 1 aliphatic rings. The zero-order chi connectivity index (χ0) is 21.7. The number of carbonyl (C=O) groups excluding carboxylic acids is 1. The lowest BCUT2D eigenvalue weighted by Gasteiger charge is -2.42. The van der Waals surface area contributed by atoms with Crippen LogP contribution in [0.25, 0.3) is 11.5 Å². The van der Waals surface area contributed by atoms with Crippen molar-refractivity contribution in [2.75, 3.05) is 13.1 Å². The first kappa shape index (κ1) is 20.2. The van der Waals surface area contributed by atoms with Crippen LogP contribution in [0.2, 0.25) is 0 Å². The van der Waals surface area contributed by atoms with Crippen molar-refractivity contribution in [3.63, 3.8) is 0 Å². The normalized spacial score (nSPS) is 16.9. The highest BCUT2D eigenvalue weighted by atomic mass is 19.4. The smallest absolute Gasteiger partial charge is 0.338 e. The molecule has 0 radical (unpaired) electrons. The molecular formula is C19H21F3N6O2. The summed E-state index contributed by atoms with van der Waals surface area (Å²) in [4.78, 5) is 29.2. The van der Waals surface area contributed by atoms with E-state index in [0.717, 1.165) is 0 Å². The number of carbonyl (C=O) groups is 1. The Kier molecular flexibility index (Phi) is 4.70. The second-order valence-corrected chi connectivity index (χ2v) is 7.60. The molecule has 0 atom stereocenters. The average Bonchev–Trinajstić information content (AvgIpc) is 3.33. The van der Waals surface area contributed by atoms with Gasteiger partial charge in [-0.1, -0.05) is 6.92 Å². The van der Waals surface area contributed by atoms with Crippen molar-refractivity contribution in [1.29, 1.82) is 0 Å².